The molecule has 4 aliphatic rings. The number of aryl methyl sites for hydroxylation is 2. The maximum Gasteiger partial charge on any atom is 0.301 e. The van der Waals surface area contributed by atoms with Crippen LogP contribution in [-0.4, -0.2) is 177 Å². The molecule has 0 aliphatic carbocycles. The van der Waals surface area contributed by atoms with Crippen LogP contribution in [0.15, 0.2) is 72.8 Å². The van der Waals surface area contributed by atoms with E-state index in [1.807, 2.05) is 67.1 Å². The topological polar surface area (TPSA) is 230 Å². The molecule has 4 fully saturated rings. The normalized spacial score (nSPS) is 20.3. The van der Waals surface area contributed by atoms with Gasteiger partial charge in [-0.05, 0) is 54.5 Å². The number of aliphatic hydroxyl groups excluding tert-OH is 1. The number of anilines is 2. The van der Waals surface area contributed by atoms with Gasteiger partial charge in [0.05, 0.1) is 46.0 Å². The molecule has 6 aromatic rings. The number of aliphatic hydroxyl groups is 1. The number of rotatable bonds is 17. The number of aromatic nitrogens is 5. The molecule has 78 heavy (non-hydrogen) atoms. The number of H-pyrrole nitrogens is 1. The maximum atomic E-state index is 15.8. The fourth-order valence-electron chi connectivity index (χ4n) is 10.7. The average molecular weight is 1110 g/mol. The lowest BCUT2D eigenvalue weighted by atomic mass is 9.85. The number of halogens is 3. The van der Waals surface area contributed by atoms with Crippen molar-refractivity contribution in [2.75, 3.05) is 75.1 Å². The lowest BCUT2D eigenvalue weighted by Crippen LogP contribution is -2.65. The molecule has 4 N–H and O–H groups in total. The number of hydrogen-bond acceptors (Lipinski definition) is 15. The highest BCUT2D eigenvalue weighted by Gasteiger charge is 2.45. The number of nitrogens with zero attached hydrogens (tertiary/aromatic N) is 9. The number of benzene rings is 2. The summed E-state index contributed by atoms with van der Waals surface area (Å²) in [5, 5.41) is 13.9. The van der Waals surface area contributed by atoms with Crippen LogP contribution >= 0.6 is 11.3 Å². The van der Waals surface area contributed by atoms with Crippen molar-refractivity contribution < 1.29 is 45.9 Å². The number of carbonyl (C=O) groups excluding carboxylic acids is 4. The second-order valence-electron chi connectivity index (χ2n) is 21.6. The first kappa shape index (κ1) is 54.6. The van der Waals surface area contributed by atoms with Gasteiger partial charge in [-0.1, -0.05) is 45.0 Å². The van der Waals surface area contributed by atoms with Gasteiger partial charge in [0.1, 0.15) is 23.7 Å². The number of piperazine rings is 1. The molecule has 4 saturated heterocycles. The van der Waals surface area contributed by atoms with Crippen LogP contribution in [0.2, 0.25) is 0 Å². The summed E-state index contributed by atoms with van der Waals surface area (Å²) in [4.78, 5) is 85.1. The number of β-amino-alcohol motifs (C(OH)–C–C–N with tert-alkyl or cyclic N) is 1. The lowest BCUT2D eigenvalue weighted by Gasteiger charge is -2.48. The molecular formula is C54H61F3N12O7S2. The highest BCUT2D eigenvalue weighted by atomic mass is 32.2. The van der Waals surface area contributed by atoms with Gasteiger partial charge in [0.15, 0.2) is 11.6 Å². The third-order valence-corrected chi connectivity index (χ3v) is 17.6. The van der Waals surface area contributed by atoms with Crippen LogP contribution in [0.1, 0.15) is 67.2 Å². The van der Waals surface area contributed by atoms with Crippen LogP contribution in [-0.2, 0) is 31.0 Å². The van der Waals surface area contributed by atoms with Gasteiger partial charge in [-0.3, -0.25) is 33.7 Å². The molecule has 0 unspecified atom stereocenters. The van der Waals surface area contributed by atoms with E-state index in [0.717, 1.165) is 51.2 Å². The number of fused-ring (bicyclic) bond motifs is 1. The Morgan fingerprint density at radius 3 is 2.28 bits per heavy atom. The highest BCUT2D eigenvalue weighted by molar-refractivity contribution is 7.90. The third kappa shape index (κ3) is 11.6. The molecule has 8 heterocycles. The number of ketones is 2. The molecule has 4 aliphatic heterocycles. The van der Waals surface area contributed by atoms with E-state index in [2.05, 4.69) is 40.0 Å². The first-order valence-corrected chi connectivity index (χ1v) is 28.3. The minimum Gasteiger partial charge on any atom is -0.391 e. The molecule has 4 aromatic heterocycles. The molecule has 19 nitrogen and oxygen atoms in total. The lowest BCUT2D eigenvalue weighted by molar-refractivity contribution is -0.144. The Morgan fingerprint density at radius 1 is 0.897 bits per heavy atom. The second-order valence-corrected chi connectivity index (χ2v) is 24.1. The summed E-state index contributed by atoms with van der Waals surface area (Å²) in [6, 6.07) is 9.85. The molecule has 2 amide bonds. The summed E-state index contributed by atoms with van der Waals surface area (Å²) in [5.41, 5.74) is 3.78. The number of amides is 2. The standard InChI is InChI=1S/C54H61F3N12O7S2/c1-31-49(77-30-62-31)33-8-5-32(6-9-33)7-12-44(71)43-20-38(70)28-69(43)52(74)50(54(2,3)4)63-45(72)29-65-26-37(27-65)66-15-17-67(18-16-66)53-60-22-35(23-61-53)34-19-39-40(24-59-51(39)58-21-34)48(73)46-41(56)10-11-42(47(46)57)64-78(75,76)68-14-13-36(55)25-68/h5-6,8-11,19,21-24,30,36-38,43,50,64,70H,7,12-18,20,25-29H2,1-4H3,(H,58,59)(H,63,72)/t36-,38-,43+,50-/m1/s1. The molecule has 0 radical (unpaired) electrons. The third-order valence-electron chi connectivity index (χ3n) is 15.1. The van der Waals surface area contributed by atoms with Gasteiger partial charge in [0.25, 0.3) is 0 Å². The van der Waals surface area contributed by atoms with Crippen LogP contribution in [0.5, 0.6) is 0 Å². The molecule has 412 valence electrons. The van der Waals surface area contributed by atoms with Crippen LogP contribution in [0.4, 0.5) is 24.8 Å². The van der Waals surface area contributed by atoms with Gasteiger partial charge in [-0.2, -0.15) is 12.7 Å². The fraction of sp³-hybridized carbons (Fsp3) is 0.444. The van der Waals surface area contributed by atoms with E-state index in [1.165, 1.54) is 11.1 Å². The van der Waals surface area contributed by atoms with Crippen LogP contribution in [0.3, 0.4) is 0 Å². The van der Waals surface area contributed by atoms with Crippen molar-refractivity contribution >= 4 is 67.6 Å². The summed E-state index contributed by atoms with van der Waals surface area (Å²) < 4.78 is 73.3. The number of pyridine rings is 1. The summed E-state index contributed by atoms with van der Waals surface area (Å²) in [5.74, 6) is -3.96. The van der Waals surface area contributed by atoms with Gasteiger partial charge in [0, 0.05) is 125 Å². The van der Waals surface area contributed by atoms with E-state index >= 15 is 8.78 Å². The minimum atomic E-state index is -4.39. The minimum absolute atomic E-state index is 0.0158. The number of alkyl halides is 1. The Morgan fingerprint density at radius 2 is 1.62 bits per heavy atom. The van der Waals surface area contributed by atoms with Crippen LogP contribution in [0, 0.1) is 24.0 Å². The zero-order valence-electron chi connectivity index (χ0n) is 43.6. The highest BCUT2D eigenvalue weighted by Crippen LogP contribution is 2.33. The van der Waals surface area contributed by atoms with E-state index in [-0.39, 0.29) is 79.1 Å². The zero-order chi connectivity index (χ0) is 55.2. The van der Waals surface area contributed by atoms with Crippen LogP contribution in [0.25, 0.3) is 32.6 Å². The largest absolute Gasteiger partial charge is 0.391 e. The number of thiazole rings is 1. The smallest absolute Gasteiger partial charge is 0.301 e. The molecule has 0 spiro atoms. The quantitative estimate of drug-likeness (QED) is 0.0866. The van der Waals surface area contributed by atoms with Crippen molar-refractivity contribution in [1.82, 2.24) is 49.2 Å². The molecular weight excluding hydrogens is 1050 g/mol. The molecule has 0 saturated carbocycles. The van der Waals surface area contributed by atoms with Crippen molar-refractivity contribution in [1.29, 1.82) is 0 Å². The van der Waals surface area contributed by atoms with Gasteiger partial charge >= 0.3 is 10.2 Å². The Labute approximate surface area is 453 Å². The Balaban J connectivity index is 0.698. The van der Waals surface area contributed by atoms with E-state index in [4.69, 9.17) is 0 Å². The average Bonchev–Trinajstić information content (AvgIpc) is 4.30. The molecule has 2 aromatic carbocycles. The molecule has 24 heteroatoms. The summed E-state index contributed by atoms with van der Waals surface area (Å²) in [6.45, 7) is 11.3. The predicted octanol–water partition coefficient (Wildman–Crippen LogP) is 5.16. The van der Waals surface area contributed by atoms with Gasteiger partial charge in [-0.25, -0.2) is 33.1 Å². The Hall–Kier alpha value is -6.70. The van der Waals surface area contributed by atoms with E-state index in [1.54, 1.807) is 36.0 Å². The summed E-state index contributed by atoms with van der Waals surface area (Å²) in [6.07, 6.45) is 4.69. The van der Waals surface area contributed by atoms with Crippen molar-refractivity contribution in [3.8, 4) is 21.6 Å². The fourth-order valence-corrected chi connectivity index (χ4v) is 12.8. The zero-order valence-corrected chi connectivity index (χ0v) is 45.2. The first-order valence-electron chi connectivity index (χ1n) is 26.0. The van der Waals surface area contributed by atoms with E-state index in [9.17, 15) is 37.1 Å². The number of hydrogen-bond donors (Lipinski definition) is 4. The second kappa shape index (κ2) is 22.2. The SMILES string of the molecule is Cc1ncsc1-c1ccc(CCC(=O)[C@@H]2C[C@@H](O)CN2C(=O)[C@@H](NC(=O)CN2CC(N3CCN(c4ncc(-c5cnc6[nH]cc(C(=O)c7c(F)ccc(NS(=O)(=O)N8CC[C@@H](F)C8)c7F)c6c5)cn4)CC3)C2)C(C)(C)C)cc1. The number of Topliss-reactive ketones (excluding diaryl/α,β-unsaturated/α-hetero) is 1. The van der Waals surface area contributed by atoms with Crippen molar-refractivity contribution in [3.63, 3.8) is 0 Å². The molecule has 4 atom stereocenters. The van der Waals surface area contributed by atoms with Gasteiger partial charge in [-0.15, -0.1) is 11.3 Å². The van der Waals surface area contributed by atoms with Crippen molar-refractivity contribution in [2.45, 2.75) is 83.8 Å². The Kier molecular flexibility index (Phi) is 15.6. The van der Waals surface area contributed by atoms with E-state index in [0.29, 0.717) is 49.7 Å². The first-order chi connectivity index (χ1) is 37.2. The number of likely N-dealkylation sites (tertiary alicyclic amines) is 2. The number of nitrogens with one attached hydrogen (secondary N) is 3. The predicted molar refractivity (Wildman–Crippen MR) is 288 cm³/mol. The summed E-state index contributed by atoms with van der Waals surface area (Å²) >= 11 is 1.58. The van der Waals surface area contributed by atoms with Crippen molar-refractivity contribution in [2.24, 2.45) is 5.41 Å². The molecule has 10 rings (SSSR count). The van der Waals surface area contributed by atoms with Gasteiger partial charge < -0.3 is 25.2 Å². The monoisotopic (exact) mass is 1110 g/mol. The maximum absolute atomic E-state index is 15.8. The molecule has 0 bridgehead atoms. The van der Waals surface area contributed by atoms with Crippen molar-refractivity contribution in [3.05, 3.63) is 107 Å². The number of aromatic amines is 1. The van der Waals surface area contributed by atoms with Crippen LogP contribution < -0.4 is 14.9 Å². The Bertz CT molecular complexity index is 3340. The van der Waals surface area contributed by atoms with Gasteiger partial charge in [0.2, 0.25) is 23.5 Å². The number of carbonyl (C=O) groups is 4. The summed E-state index contributed by atoms with van der Waals surface area (Å²) in [7, 11) is -4.39. The van der Waals surface area contributed by atoms with E-state index < -0.39 is 75.2 Å².